The second-order valence-corrected chi connectivity index (χ2v) is 4.12. The van der Waals surface area contributed by atoms with Crippen LogP contribution >= 0.6 is 0 Å². The predicted octanol–water partition coefficient (Wildman–Crippen LogP) is 0.739. The third-order valence-corrected chi connectivity index (χ3v) is 2.75. The van der Waals surface area contributed by atoms with Gasteiger partial charge < -0.3 is 15.4 Å². The number of carbonyl (C=O) groups is 1. The van der Waals surface area contributed by atoms with Crippen LogP contribution < -0.4 is 5.73 Å². The van der Waals surface area contributed by atoms with Gasteiger partial charge in [0.1, 0.15) is 0 Å². The Morgan fingerprint density at radius 2 is 2.19 bits per heavy atom. The molecule has 0 aromatic rings. The van der Waals surface area contributed by atoms with Crippen LogP contribution in [0.15, 0.2) is 4.99 Å². The maximum absolute atomic E-state index is 10.8. The molecule has 5 heteroatoms. The maximum atomic E-state index is 10.8. The molecule has 1 fully saturated rings. The van der Waals surface area contributed by atoms with E-state index in [1.807, 2.05) is 11.9 Å². The normalized spacial score (nSPS) is 16.0. The van der Waals surface area contributed by atoms with Crippen LogP contribution in [0.1, 0.15) is 32.1 Å². The molecule has 92 valence electrons. The van der Waals surface area contributed by atoms with Crippen molar-refractivity contribution in [2.24, 2.45) is 10.7 Å². The van der Waals surface area contributed by atoms with Gasteiger partial charge in [0, 0.05) is 26.1 Å². The fraction of sp³-hybridized carbons (Fsp3) is 0.818. The Balaban J connectivity index is 2.08. The molecular weight excluding hydrogens is 206 g/mol. The molecule has 0 bridgehead atoms. The zero-order chi connectivity index (χ0) is 12.0. The van der Waals surface area contributed by atoms with Gasteiger partial charge in [-0.05, 0) is 25.7 Å². The van der Waals surface area contributed by atoms with E-state index >= 15 is 0 Å². The van der Waals surface area contributed by atoms with Crippen LogP contribution in [0.3, 0.4) is 0 Å². The van der Waals surface area contributed by atoms with Crippen molar-refractivity contribution in [1.82, 2.24) is 4.90 Å². The van der Waals surface area contributed by atoms with E-state index < -0.39 is 0 Å². The molecule has 1 saturated carbocycles. The van der Waals surface area contributed by atoms with E-state index in [2.05, 4.69) is 9.73 Å². The van der Waals surface area contributed by atoms with Gasteiger partial charge in [-0.3, -0.25) is 9.79 Å². The lowest BCUT2D eigenvalue weighted by molar-refractivity contribution is -0.140. The van der Waals surface area contributed by atoms with Crippen molar-refractivity contribution in [3.8, 4) is 0 Å². The van der Waals surface area contributed by atoms with Crippen LogP contribution in [0.4, 0.5) is 0 Å². The number of carbonyl (C=O) groups excluding carboxylic acids is 1. The number of esters is 1. The topological polar surface area (TPSA) is 67.9 Å². The van der Waals surface area contributed by atoms with Crippen molar-refractivity contribution in [3.05, 3.63) is 0 Å². The van der Waals surface area contributed by atoms with Crippen molar-refractivity contribution in [1.29, 1.82) is 0 Å². The molecule has 0 aliphatic heterocycles. The second kappa shape index (κ2) is 6.35. The zero-order valence-corrected chi connectivity index (χ0v) is 10.1. The Morgan fingerprint density at radius 1 is 1.50 bits per heavy atom. The van der Waals surface area contributed by atoms with Crippen molar-refractivity contribution < 1.29 is 9.53 Å². The summed E-state index contributed by atoms with van der Waals surface area (Å²) in [5, 5.41) is 0. The van der Waals surface area contributed by atoms with Crippen LogP contribution in [-0.4, -0.2) is 43.6 Å². The van der Waals surface area contributed by atoms with E-state index in [-0.39, 0.29) is 5.97 Å². The Labute approximate surface area is 96.7 Å². The predicted molar refractivity (Wildman–Crippen MR) is 63.1 cm³/mol. The minimum atomic E-state index is -0.160. The lowest BCUT2D eigenvalue weighted by Gasteiger charge is -2.16. The first-order chi connectivity index (χ1) is 7.65. The standard InChI is InChI=1S/C11H21N3O2/c1-14(9-6-7-9)11(12)13-8-4-3-5-10(15)16-2/h9H,3-8H2,1-2H3,(H2,12,13). The number of nitrogens with two attached hydrogens (primary N) is 1. The van der Waals surface area contributed by atoms with Crippen molar-refractivity contribution in [2.75, 3.05) is 20.7 Å². The number of aliphatic imine (C=N–C) groups is 1. The Morgan fingerprint density at radius 3 is 2.75 bits per heavy atom. The summed E-state index contributed by atoms with van der Waals surface area (Å²) in [5.41, 5.74) is 5.81. The molecule has 0 heterocycles. The fourth-order valence-electron chi connectivity index (χ4n) is 1.44. The van der Waals surface area contributed by atoms with Gasteiger partial charge in [0.25, 0.3) is 0 Å². The average Bonchev–Trinajstić information content (AvgIpc) is 3.10. The molecule has 1 aliphatic carbocycles. The Hall–Kier alpha value is -1.26. The van der Waals surface area contributed by atoms with Gasteiger partial charge in [-0.25, -0.2) is 0 Å². The summed E-state index contributed by atoms with van der Waals surface area (Å²) in [6, 6.07) is 0.596. The Kier molecular flexibility index (Phi) is 5.08. The number of guanidine groups is 1. The largest absolute Gasteiger partial charge is 0.469 e. The van der Waals surface area contributed by atoms with Crippen molar-refractivity contribution >= 4 is 11.9 Å². The summed E-state index contributed by atoms with van der Waals surface area (Å²) >= 11 is 0. The molecule has 0 spiro atoms. The zero-order valence-electron chi connectivity index (χ0n) is 10.1. The molecule has 16 heavy (non-hydrogen) atoms. The first-order valence-electron chi connectivity index (χ1n) is 5.74. The number of hydrogen-bond acceptors (Lipinski definition) is 3. The quantitative estimate of drug-likeness (QED) is 0.314. The van der Waals surface area contributed by atoms with Crippen LogP contribution in [0.5, 0.6) is 0 Å². The Bertz CT molecular complexity index is 262. The van der Waals surface area contributed by atoms with Crippen molar-refractivity contribution in [3.63, 3.8) is 0 Å². The van der Waals surface area contributed by atoms with Crippen LogP contribution in [-0.2, 0) is 9.53 Å². The number of rotatable bonds is 6. The summed E-state index contributed by atoms with van der Waals surface area (Å²) in [6.07, 6.45) is 4.57. The maximum Gasteiger partial charge on any atom is 0.305 e. The molecule has 2 N–H and O–H groups in total. The van der Waals surface area contributed by atoms with E-state index in [0.29, 0.717) is 25.0 Å². The van der Waals surface area contributed by atoms with E-state index in [0.717, 1.165) is 12.8 Å². The summed E-state index contributed by atoms with van der Waals surface area (Å²) in [7, 11) is 3.38. The van der Waals surface area contributed by atoms with Crippen LogP contribution in [0.25, 0.3) is 0 Å². The fourth-order valence-corrected chi connectivity index (χ4v) is 1.44. The number of unbranched alkanes of at least 4 members (excludes halogenated alkanes) is 1. The highest BCUT2D eigenvalue weighted by atomic mass is 16.5. The highest BCUT2D eigenvalue weighted by Crippen LogP contribution is 2.24. The van der Waals surface area contributed by atoms with Gasteiger partial charge in [-0.1, -0.05) is 0 Å². The molecule has 1 rings (SSSR count). The van der Waals surface area contributed by atoms with Gasteiger partial charge >= 0.3 is 5.97 Å². The molecular formula is C11H21N3O2. The van der Waals surface area contributed by atoms with Gasteiger partial charge in [-0.15, -0.1) is 0 Å². The van der Waals surface area contributed by atoms with Crippen LogP contribution in [0, 0.1) is 0 Å². The summed E-state index contributed by atoms with van der Waals surface area (Å²) in [4.78, 5) is 17.1. The minimum absolute atomic E-state index is 0.160. The van der Waals surface area contributed by atoms with E-state index in [1.165, 1.54) is 20.0 Å². The number of hydrogen-bond donors (Lipinski definition) is 1. The molecule has 0 saturated heterocycles. The molecule has 0 radical (unpaired) electrons. The average molecular weight is 227 g/mol. The SMILES string of the molecule is COC(=O)CCCCN=C(N)N(C)C1CC1. The minimum Gasteiger partial charge on any atom is -0.469 e. The van der Waals surface area contributed by atoms with E-state index in [1.54, 1.807) is 0 Å². The van der Waals surface area contributed by atoms with Crippen molar-refractivity contribution in [2.45, 2.75) is 38.1 Å². The summed E-state index contributed by atoms with van der Waals surface area (Å²) in [6.45, 7) is 0.680. The monoisotopic (exact) mass is 227 g/mol. The van der Waals surface area contributed by atoms with E-state index in [4.69, 9.17) is 5.73 Å². The summed E-state index contributed by atoms with van der Waals surface area (Å²) in [5.74, 6) is 0.451. The first-order valence-corrected chi connectivity index (χ1v) is 5.74. The number of methoxy groups -OCH3 is 1. The molecule has 1 aliphatic rings. The highest BCUT2D eigenvalue weighted by Gasteiger charge is 2.27. The molecule has 0 aromatic carbocycles. The lowest BCUT2D eigenvalue weighted by atomic mass is 10.2. The molecule has 0 amide bonds. The van der Waals surface area contributed by atoms with Gasteiger partial charge in [0.05, 0.1) is 7.11 Å². The first kappa shape index (κ1) is 12.8. The molecule has 0 unspecified atom stereocenters. The molecule has 0 aromatic heterocycles. The molecule has 5 nitrogen and oxygen atoms in total. The van der Waals surface area contributed by atoms with E-state index in [9.17, 15) is 4.79 Å². The van der Waals surface area contributed by atoms with Gasteiger partial charge in [-0.2, -0.15) is 0 Å². The summed E-state index contributed by atoms with van der Waals surface area (Å²) < 4.78 is 4.55. The van der Waals surface area contributed by atoms with Gasteiger partial charge in [0.15, 0.2) is 5.96 Å². The van der Waals surface area contributed by atoms with Gasteiger partial charge in [0.2, 0.25) is 0 Å². The van der Waals surface area contributed by atoms with Crippen LogP contribution in [0.2, 0.25) is 0 Å². The smallest absolute Gasteiger partial charge is 0.305 e. The highest BCUT2D eigenvalue weighted by molar-refractivity contribution is 5.78. The number of ether oxygens (including phenoxy) is 1. The third-order valence-electron chi connectivity index (χ3n) is 2.75. The second-order valence-electron chi connectivity index (χ2n) is 4.12. The third kappa shape index (κ3) is 4.51. The molecule has 0 atom stereocenters. The number of nitrogens with zero attached hydrogens (tertiary/aromatic N) is 2. The lowest BCUT2D eigenvalue weighted by Crippen LogP contribution is -2.35.